The molecule has 1 aliphatic carbocycles. The number of aromatic nitrogens is 3. The van der Waals surface area contributed by atoms with Crippen molar-refractivity contribution in [3.05, 3.63) is 47.5 Å². The van der Waals surface area contributed by atoms with Crippen molar-refractivity contribution >= 4 is 49.8 Å². The third-order valence-corrected chi connectivity index (χ3v) is 4.36. The van der Waals surface area contributed by atoms with Crippen molar-refractivity contribution < 1.29 is 5.11 Å². The van der Waals surface area contributed by atoms with Gasteiger partial charge in [0.25, 0.3) is 0 Å². The van der Waals surface area contributed by atoms with Crippen molar-refractivity contribution in [1.29, 1.82) is 0 Å². The Morgan fingerprint density at radius 2 is 1.90 bits per heavy atom. The van der Waals surface area contributed by atoms with E-state index < -0.39 is 0 Å². The molecular weight excluding hydrogens is 319 g/mol. The molecule has 4 unspecified atom stereocenters. The SMILES string of the molecule is CC1(P)C=CC(n2nc3ccc(P)cc3n2)=C(O)C(P)=C1. The van der Waals surface area contributed by atoms with Gasteiger partial charge in [0, 0.05) is 10.5 Å². The van der Waals surface area contributed by atoms with Gasteiger partial charge >= 0.3 is 0 Å². The summed E-state index contributed by atoms with van der Waals surface area (Å²) in [6, 6.07) is 5.82. The molecule has 21 heavy (non-hydrogen) atoms. The molecule has 3 rings (SSSR count). The Morgan fingerprint density at radius 1 is 1.19 bits per heavy atom. The van der Waals surface area contributed by atoms with Gasteiger partial charge in [0.1, 0.15) is 22.5 Å². The van der Waals surface area contributed by atoms with Crippen LogP contribution in [0.4, 0.5) is 0 Å². The molecule has 0 fully saturated rings. The topological polar surface area (TPSA) is 50.9 Å². The van der Waals surface area contributed by atoms with Gasteiger partial charge in [-0.25, -0.2) is 0 Å². The monoisotopic (exact) mass is 335 g/mol. The Labute approximate surface area is 130 Å². The van der Waals surface area contributed by atoms with Crippen LogP contribution in [0.3, 0.4) is 0 Å². The Morgan fingerprint density at radius 3 is 2.67 bits per heavy atom. The average molecular weight is 335 g/mol. The first-order valence-electron chi connectivity index (χ1n) is 6.39. The molecular formula is C14H16N3OP3. The molecule has 2 aromatic rings. The van der Waals surface area contributed by atoms with Crippen molar-refractivity contribution in [3.8, 4) is 0 Å². The predicted octanol–water partition coefficient (Wildman–Crippen LogP) is 2.62. The lowest BCUT2D eigenvalue weighted by Gasteiger charge is -2.13. The summed E-state index contributed by atoms with van der Waals surface area (Å²) in [7, 11) is 7.95. The van der Waals surface area contributed by atoms with Crippen LogP contribution in [0.25, 0.3) is 16.7 Å². The molecule has 0 saturated carbocycles. The Balaban J connectivity index is 2.17. The third-order valence-electron chi connectivity index (χ3n) is 3.20. The molecule has 0 radical (unpaired) electrons. The highest BCUT2D eigenvalue weighted by Gasteiger charge is 2.20. The van der Waals surface area contributed by atoms with Gasteiger partial charge in [-0.2, -0.15) is 0 Å². The summed E-state index contributed by atoms with van der Waals surface area (Å²) >= 11 is 0. The van der Waals surface area contributed by atoms with Crippen molar-refractivity contribution in [3.63, 3.8) is 0 Å². The van der Waals surface area contributed by atoms with Crippen molar-refractivity contribution in [1.82, 2.24) is 15.0 Å². The van der Waals surface area contributed by atoms with Crippen LogP contribution in [0.15, 0.2) is 47.5 Å². The minimum absolute atomic E-state index is 0.161. The van der Waals surface area contributed by atoms with E-state index in [0.29, 0.717) is 5.70 Å². The van der Waals surface area contributed by atoms with Gasteiger partial charge in [0.05, 0.1) is 0 Å². The summed E-state index contributed by atoms with van der Waals surface area (Å²) in [5, 5.41) is 20.9. The lowest BCUT2D eigenvalue weighted by Crippen LogP contribution is -2.06. The number of nitrogens with zero attached hydrogens (tertiary/aromatic N) is 3. The van der Waals surface area contributed by atoms with Crippen LogP contribution < -0.4 is 5.30 Å². The quantitative estimate of drug-likeness (QED) is 0.815. The van der Waals surface area contributed by atoms with Crippen LogP contribution in [-0.4, -0.2) is 25.3 Å². The normalized spacial score (nSPS) is 22.6. The van der Waals surface area contributed by atoms with Gasteiger partial charge in [-0.1, -0.05) is 18.2 Å². The minimum Gasteiger partial charge on any atom is -0.505 e. The van der Waals surface area contributed by atoms with Gasteiger partial charge in [-0.3, -0.25) is 0 Å². The Hall–Kier alpha value is -1.07. The molecule has 4 nitrogen and oxygen atoms in total. The number of aliphatic hydroxyl groups is 1. The molecule has 7 heteroatoms. The lowest BCUT2D eigenvalue weighted by atomic mass is 10.1. The van der Waals surface area contributed by atoms with Crippen LogP contribution in [0.5, 0.6) is 0 Å². The molecule has 0 saturated heterocycles. The fourth-order valence-electron chi connectivity index (χ4n) is 2.14. The maximum Gasteiger partial charge on any atom is 0.149 e. The van der Waals surface area contributed by atoms with Gasteiger partial charge in [0.2, 0.25) is 0 Å². The summed E-state index contributed by atoms with van der Waals surface area (Å²) in [5.74, 6) is 0.161. The molecule has 0 bridgehead atoms. The highest BCUT2D eigenvalue weighted by atomic mass is 31.0. The maximum atomic E-state index is 10.4. The Bertz CT molecular complexity index is 818. The van der Waals surface area contributed by atoms with Gasteiger partial charge in [-0.05, 0) is 30.4 Å². The first kappa shape index (κ1) is 14.9. The maximum absolute atomic E-state index is 10.4. The van der Waals surface area contributed by atoms with Gasteiger partial charge in [0.15, 0.2) is 0 Å². The molecule has 0 aliphatic heterocycles. The summed E-state index contributed by atoms with van der Waals surface area (Å²) in [5.41, 5.74) is 2.15. The standard InChI is InChI=1S/C14H16N3OP3/c1-14(21)5-4-11(13(18)12(20)7-14)17-15-9-3-2-8(19)6-10(9)16-17/h2-7,18H,19-21H2,1H3. The summed E-state index contributed by atoms with van der Waals surface area (Å²) in [6.45, 7) is 2.04. The van der Waals surface area contributed by atoms with E-state index in [4.69, 9.17) is 0 Å². The number of aliphatic hydroxyl groups excluding tert-OH is 1. The number of rotatable bonds is 1. The van der Waals surface area contributed by atoms with E-state index in [0.717, 1.165) is 21.7 Å². The minimum atomic E-state index is -0.216. The molecule has 1 aromatic heterocycles. The van der Waals surface area contributed by atoms with E-state index in [9.17, 15) is 5.11 Å². The van der Waals surface area contributed by atoms with Crippen molar-refractivity contribution in [2.45, 2.75) is 12.1 Å². The van der Waals surface area contributed by atoms with E-state index in [1.54, 1.807) is 0 Å². The van der Waals surface area contributed by atoms with E-state index in [1.807, 2.05) is 43.4 Å². The molecule has 1 heterocycles. The number of fused-ring (bicyclic) bond motifs is 1. The zero-order chi connectivity index (χ0) is 15.2. The first-order valence-corrected chi connectivity index (χ1v) is 8.12. The Kier molecular flexibility index (Phi) is 3.74. The second-order valence-electron chi connectivity index (χ2n) is 5.27. The summed E-state index contributed by atoms with van der Waals surface area (Å²) < 4.78 is 0. The second kappa shape index (κ2) is 5.29. The largest absolute Gasteiger partial charge is 0.505 e. The van der Waals surface area contributed by atoms with Crippen LogP contribution >= 0.6 is 27.7 Å². The van der Waals surface area contributed by atoms with E-state index in [1.165, 1.54) is 4.80 Å². The summed E-state index contributed by atoms with van der Waals surface area (Å²) in [6.07, 6.45) is 5.80. The average Bonchev–Trinajstić information content (AvgIpc) is 2.76. The predicted molar refractivity (Wildman–Crippen MR) is 97.8 cm³/mol. The molecule has 0 amide bonds. The zero-order valence-corrected chi connectivity index (χ0v) is 14.9. The highest BCUT2D eigenvalue weighted by molar-refractivity contribution is 7.27. The number of benzene rings is 1. The van der Waals surface area contributed by atoms with Crippen molar-refractivity contribution in [2.75, 3.05) is 0 Å². The van der Waals surface area contributed by atoms with Crippen LogP contribution in [-0.2, 0) is 0 Å². The molecule has 1 aromatic carbocycles. The fourth-order valence-corrected chi connectivity index (χ4v) is 3.37. The van der Waals surface area contributed by atoms with Crippen LogP contribution in [0.1, 0.15) is 6.92 Å². The fraction of sp³-hybridized carbons (Fsp3) is 0.143. The number of hydrogen-bond acceptors (Lipinski definition) is 3. The summed E-state index contributed by atoms with van der Waals surface area (Å²) in [4.78, 5) is 1.48. The van der Waals surface area contributed by atoms with Crippen LogP contribution in [0.2, 0.25) is 0 Å². The molecule has 1 aliphatic rings. The van der Waals surface area contributed by atoms with E-state index in [2.05, 4.69) is 37.9 Å². The zero-order valence-electron chi connectivity index (χ0n) is 11.5. The molecule has 4 atom stereocenters. The second-order valence-corrected chi connectivity index (χ2v) is 7.80. The third kappa shape index (κ3) is 2.94. The molecule has 0 spiro atoms. The van der Waals surface area contributed by atoms with Crippen LogP contribution in [0, 0.1) is 0 Å². The van der Waals surface area contributed by atoms with Crippen molar-refractivity contribution in [2.24, 2.45) is 0 Å². The van der Waals surface area contributed by atoms with E-state index >= 15 is 0 Å². The van der Waals surface area contributed by atoms with Gasteiger partial charge < -0.3 is 5.11 Å². The number of allylic oxidation sites excluding steroid dienone is 5. The lowest BCUT2D eigenvalue weighted by molar-refractivity contribution is 0.427. The first-order chi connectivity index (χ1) is 9.85. The highest BCUT2D eigenvalue weighted by Crippen LogP contribution is 2.33. The number of hydrogen-bond donors (Lipinski definition) is 1. The van der Waals surface area contributed by atoms with E-state index in [-0.39, 0.29) is 10.9 Å². The smallest absolute Gasteiger partial charge is 0.149 e. The molecule has 108 valence electrons. The molecule has 1 N–H and O–H groups in total. The van der Waals surface area contributed by atoms with Gasteiger partial charge in [-0.15, -0.1) is 42.7 Å².